The maximum atomic E-state index is 12.7. The highest BCUT2D eigenvalue weighted by atomic mass is 16.5. The molecule has 0 spiro atoms. The molecule has 6 nitrogen and oxygen atoms in total. The van der Waals surface area contributed by atoms with E-state index in [0.717, 1.165) is 41.1 Å². The molecule has 0 aliphatic carbocycles. The molecular weight excluding hydrogens is 330 g/mol. The van der Waals surface area contributed by atoms with E-state index in [1.807, 2.05) is 24.3 Å². The first-order chi connectivity index (χ1) is 12.6. The predicted octanol–water partition coefficient (Wildman–Crippen LogP) is 2.15. The van der Waals surface area contributed by atoms with Gasteiger partial charge in [-0.25, -0.2) is 0 Å². The van der Waals surface area contributed by atoms with Crippen molar-refractivity contribution >= 4 is 17.7 Å². The Morgan fingerprint density at radius 1 is 1.27 bits per heavy atom. The number of carbonyl (C=O) groups is 1. The summed E-state index contributed by atoms with van der Waals surface area (Å²) in [5.74, 6) is 0.823. The Morgan fingerprint density at radius 3 is 3.04 bits per heavy atom. The lowest BCUT2D eigenvalue weighted by molar-refractivity contribution is 0.0930. The maximum absolute atomic E-state index is 12.7. The molecule has 3 aliphatic heterocycles. The summed E-state index contributed by atoms with van der Waals surface area (Å²) in [5, 5.41) is 12.9. The number of para-hydroxylation sites is 1. The SMILES string of the molecule is N[C@H]1CCN2c3c(cccc31)C(=O)N[C@H]2C1=Cc2cc(O)ccc2OC1. The largest absolute Gasteiger partial charge is 0.508 e. The Morgan fingerprint density at radius 2 is 2.15 bits per heavy atom. The molecule has 0 bridgehead atoms. The van der Waals surface area contributed by atoms with Crippen molar-refractivity contribution in [2.45, 2.75) is 18.6 Å². The second kappa shape index (κ2) is 5.51. The van der Waals surface area contributed by atoms with Gasteiger partial charge in [-0.2, -0.15) is 0 Å². The van der Waals surface area contributed by atoms with Crippen LogP contribution in [0.2, 0.25) is 0 Å². The average Bonchev–Trinajstić information content (AvgIpc) is 2.65. The van der Waals surface area contributed by atoms with Crippen molar-refractivity contribution in [1.82, 2.24) is 5.32 Å². The number of benzene rings is 2. The molecule has 3 heterocycles. The monoisotopic (exact) mass is 349 g/mol. The summed E-state index contributed by atoms with van der Waals surface area (Å²) in [7, 11) is 0. The highest BCUT2D eigenvalue weighted by Gasteiger charge is 2.38. The summed E-state index contributed by atoms with van der Waals surface area (Å²) in [5.41, 5.74) is 10.7. The Kier molecular flexibility index (Phi) is 3.24. The molecule has 2 atom stereocenters. The number of phenolic OH excluding ortho intramolecular Hbond substituents is 1. The van der Waals surface area contributed by atoms with Crippen molar-refractivity contribution in [3.05, 3.63) is 58.7 Å². The van der Waals surface area contributed by atoms with Crippen molar-refractivity contribution in [2.75, 3.05) is 18.1 Å². The van der Waals surface area contributed by atoms with Crippen LogP contribution in [0.25, 0.3) is 6.08 Å². The van der Waals surface area contributed by atoms with Crippen LogP contribution in [-0.4, -0.2) is 30.3 Å². The average molecular weight is 349 g/mol. The number of fused-ring (bicyclic) bond motifs is 1. The molecule has 3 aliphatic rings. The molecule has 0 radical (unpaired) electrons. The third-order valence-corrected chi connectivity index (χ3v) is 5.34. The Labute approximate surface area is 150 Å². The first-order valence-electron chi connectivity index (χ1n) is 8.74. The summed E-state index contributed by atoms with van der Waals surface area (Å²) in [6.45, 7) is 1.16. The summed E-state index contributed by atoms with van der Waals surface area (Å²) in [6.07, 6.45) is 2.54. The van der Waals surface area contributed by atoms with E-state index in [1.165, 1.54) is 0 Å². The molecule has 0 saturated carbocycles. The van der Waals surface area contributed by atoms with Gasteiger partial charge in [0.2, 0.25) is 0 Å². The number of nitrogens with two attached hydrogens (primary N) is 1. The van der Waals surface area contributed by atoms with E-state index < -0.39 is 0 Å². The Balaban J connectivity index is 1.60. The Hall–Kier alpha value is -2.99. The van der Waals surface area contributed by atoms with Gasteiger partial charge in [-0.1, -0.05) is 12.1 Å². The third kappa shape index (κ3) is 2.19. The molecule has 6 heteroatoms. The van der Waals surface area contributed by atoms with E-state index in [1.54, 1.807) is 18.2 Å². The number of anilines is 1. The molecular formula is C20H19N3O3. The van der Waals surface area contributed by atoms with Crippen LogP contribution >= 0.6 is 0 Å². The number of nitrogens with zero attached hydrogens (tertiary/aromatic N) is 1. The van der Waals surface area contributed by atoms with E-state index in [9.17, 15) is 9.90 Å². The van der Waals surface area contributed by atoms with Crippen molar-refractivity contribution in [1.29, 1.82) is 0 Å². The number of carbonyl (C=O) groups excluding carboxylic acids is 1. The fourth-order valence-electron chi connectivity index (χ4n) is 4.08. The van der Waals surface area contributed by atoms with E-state index >= 15 is 0 Å². The molecule has 2 aromatic carbocycles. The number of rotatable bonds is 1. The van der Waals surface area contributed by atoms with Crippen molar-refractivity contribution in [3.63, 3.8) is 0 Å². The maximum Gasteiger partial charge on any atom is 0.255 e. The number of amides is 1. The second-order valence-corrected chi connectivity index (χ2v) is 6.94. The van der Waals surface area contributed by atoms with Gasteiger partial charge in [0.1, 0.15) is 24.3 Å². The number of nitrogens with one attached hydrogen (secondary N) is 1. The van der Waals surface area contributed by atoms with Gasteiger partial charge in [0.05, 0.1) is 11.3 Å². The van der Waals surface area contributed by atoms with Gasteiger partial charge in [0.15, 0.2) is 0 Å². The van der Waals surface area contributed by atoms with E-state index in [0.29, 0.717) is 12.2 Å². The molecule has 1 amide bonds. The van der Waals surface area contributed by atoms with Gasteiger partial charge in [-0.15, -0.1) is 0 Å². The fraction of sp³-hybridized carbons (Fsp3) is 0.250. The van der Waals surface area contributed by atoms with Crippen molar-refractivity contribution < 1.29 is 14.6 Å². The summed E-state index contributed by atoms with van der Waals surface area (Å²) >= 11 is 0. The van der Waals surface area contributed by atoms with Crippen molar-refractivity contribution in [3.8, 4) is 11.5 Å². The van der Waals surface area contributed by atoms with E-state index in [2.05, 4.69) is 10.2 Å². The van der Waals surface area contributed by atoms with Crippen LogP contribution in [0.15, 0.2) is 42.0 Å². The zero-order valence-corrected chi connectivity index (χ0v) is 14.1. The molecule has 26 heavy (non-hydrogen) atoms. The molecule has 0 saturated heterocycles. The lowest BCUT2D eigenvalue weighted by atomic mass is 9.90. The van der Waals surface area contributed by atoms with E-state index in [4.69, 9.17) is 10.5 Å². The molecule has 0 unspecified atom stereocenters. The highest BCUT2D eigenvalue weighted by Crippen LogP contribution is 2.40. The standard InChI is InChI=1S/C20H19N3O3/c21-16-6-7-23-18-14(16)2-1-3-15(18)20(25)22-19(23)12-8-11-9-13(24)4-5-17(11)26-10-12/h1-5,8-9,16,19,24H,6-7,10,21H2,(H,22,25)/t16-,19+/m0/s1. The Bertz CT molecular complexity index is 953. The second-order valence-electron chi connectivity index (χ2n) is 6.94. The van der Waals surface area contributed by atoms with Gasteiger partial charge in [-0.05, 0) is 42.3 Å². The summed E-state index contributed by atoms with van der Waals surface area (Å²) in [6, 6.07) is 10.7. The van der Waals surface area contributed by atoms with Crippen LogP contribution in [0.1, 0.15) is 33.9 Å². The molecule has 5 rings (SSSR count). The van der Waals surface area contributed by atoms with Gasteiger partial charge >= 0.3 is 0 Å². The number of ether oxygens (including phenoxy) is 1. The molecule has 4 N–H and O–H groups in total. The summed E-state index contributed by atoms with van der Waals surface area (Å²) in [4.78, 5) is 14.9. The quantitative estimate of drug-likeness (QED) is 0.734. The van der Waals surface area contributed by atoms with Crippen LogP contribution in [0.4, 0.5) is 5.69 Å². The van der Waals surface area contributed by atoms with Crippen molar-refractivity contribution in [2.24, 2.45) is 5.73 Å². The first-order valence-corrected chi connectivity index (χ1v) is 8.74. The minimum Gasteiger partial charge on any atom is -0.508 e. The zero-order chi connectivity index (χ0) is 17.8. The van der Waals surface area contributed by atoms with Gasteiger partial charge in [-0.3, -0.25) is 4.79 Å². The van der Waals surface area contributed by atoms with Crippen LogP contribution in [-0.2, 0) is 0 Å². The smallest absolute Gasteiger partial charge is 0.255 e. The van der Waals surface area contributed by atoms with Gasteiger partial charge in [0, 0.05) is 23.7 Å². The predicted molar refractivity (Wildman–Crippen MR) is 98.2 cm³/mol. The molecule has 0 fully saturated rings. The lowest BCUT2D eigenvalue weighted by Gasteiger charge is -2.45. The van der Waals surface area contributed by atoms with Crippen LogP contribution in [0.5, 0.6) is 11.5 Å². The summed E-state index contributed by atoms with van der Waals surface area (Å²) < 4.78 is 5.85. The minimum atomic E-state index is -0.279. The third-order valence-electron chi connectivity index (χ3n) is 5.34. The number of aromatic hydroxyl groups is 1. The van der Waals surface area contributed by atoms with Crippen LogP contribution in [0, 0.1) is 0 Å². The fourth-order valence-corrected chi connectivity index (χ4v) is 4.08. The van der Waals surface area contributed by atoms with E-state index in [-0.39, 0.29) is 23.9 Å². The normalized spacial score (nSPS) is 23.3. The number of hydrogen-bond acceptors (Lipinski definition) is 5. The van der Waals surface area contributed by atoms with Gasteiger partial charge in [0.25, 0.3) is 5.91 Å². The van der Waals surface area contributed by atoms with Crippen LogP contribution in [0.3, 0.4) is 0 Å². The number of phenols is 1. The van der Waals surface area contributed by atoms with Crippen LogP contribution < -0.4 is 20.7 Å². The molecule has 132 valence electrons. The topological polar surface area (TPSA) is 87.8 Å². The lowest BCUT2D eigenvalue weighted by Crippen LogP contribution is -2.57. The van der Waals surface area contributed by atoms with Gasteiger partial charge < -0.3 is 25.8 Å². The minimum absolute atomic E-state index is 0.0537. The zero-order valence-electron chi connectivity index (χ0n) is 14.1. The molecule has 0 aromatic heterocycles. The first kappa shape index (κ1) is 15.3. The number of hydrogen-bond donors (Lipinski definition) is 3. The highest BCUT2D eigenvalue weighted by molar-refractivity contribution is 6.03. The molecule has 2 aromatic rings.